The summed E-state index contributed by atoms with van der Waals surface area (Å²) in [5.74, 6) is 2.28. The number of fused-ring (bicyclic) bond motifs is 1. The predicted octanol–water partition coefficient (Wildman–Crippen LogP) is 3.46. The number of para-hydroxylation sites is 1. The van der Waals surface area contributed by atoms with Gasteiger partial charge in [0.15, 0.2) is 17.1 Å². The van der Waals surface area contributed by atoms with Crippen LogP contribution in [0.4, 0.5) is 0 Å². The minimum absolute atomic E-state index is 0. The first kappa shape index (κ1) is 17.7. The molecule has 0 N–H and O–H groups in total. The molecule has 0 bridgehead atoms. The Morgan fingerprint density at radius 3 is 2.25 bits per heavy atom. The monoisotopic (exact) mass is 379 g/mol. The van der Waals surface area contributed by atoms with E-state index in [0.717, 1.165) is 5.69 Å². The number of aromatic nitrogens is 5. The number of benzene rings is 1. The van der Waals surface area contributed by atoms with Gasteiger partial charge in [0, 0.05) is 7.49 Å². The van der Waals surface area contributed by atoms with Gasteiger partial charge in [-0.15, -0.1) is 0 Å². The molecule has 28 heavy (non-hydrogen) atoms. The van der Waals surface area contributed by atoms with Gasteiger partial charge in [0.05, 0.1) is 33.2 Å². The first-order chi connectivity index (χ1) is 13.7. The molecule has 4 aromatic rings. The first-order valence-corrected chi connectivity index (χ1v) is 8.61. The van der Waals surface area contributed by atoms with E-state index >= 15 is 0 Å². The fraction of sp³-hybridized carbons (Fsp3) is 0.200. The van der Waals surface area contributed by atoms with Crippen LogP contribution in [-0.2, 0) is 0 Å². The van der Waals surface area contributed by atoms with Crippen molar-refractivity contribution >= 4 is 11.3 Å². The number of rotatable bonds is 5. The Balaban J connectivity index is 0.00000240. The highest BCUT2D eigenvalue weighted by atomic mass is 16.5. The standard InChI is InChI=1S/C20H19N5O3.H2/c1-12-11-21-18-20(22-12)25(17-14(26-2)8-6-9-15(17)27-3)19(24-18)13-7-5-10-16(23-13)28-4;/h5-11H,1-4H3;1H. The summed E-state index contributed by atoms with van der Waals surface area (Å²) in [5, 5.41) is 0. The maximum absolute atomic E-state index is 5.60. The van der Waals surface area contributed by atoms with E-state index in [-0.39, 0.29) is 1.43 Å². The molecular formula is C20H21N5O3. The summed E-state index contributed by atoms with van der Waals surface area (Å²) in [6, 6.07) is 11.1. The number of aryl methyl sites for hydroxylation is 1. The lowest BCUT2D eigenvalue weighted by atomic mass is 10.2. The number of pyridine rings is 1. The second kappa shape index (κ2) is 7.15. The van der Waals surface area contributed by atoms with Crippen LogP contribution in [0.25, 0.3) is 28.5 Å². The molecule has 0 aliphatic heterocycles. The van der Waals surface area contributed by atoms with E-state index in [4.69, 9.17) is 14.2 Å². The number of nitrogens with zero attached hydrogens (tertiary/aromatic N) is 5. The molecular weight excluding hydrogens is 358 g/mol. The molecule has 4 rings (SSSR count). The van der Waals surface area contributed by atoms with Gasteiger partial charge in [-0.2, -0.15) is 0 Å². The number of hydrogen-bond acceptors (Lipinski definition) is 7. The Bertz CT molecular complexity index is 1140. The molecule has 0 radical (unpaired) electrons. The van der Waals surface area contributed by atoms with Crippen LogP contribution in [0.2, 0.25) is 0 Å². The quantitative estimate of drug-likeness (QED) is 0.525. The molecule has 3 aromatic heterocycles. The van der Waals surface area contributed by atoms with Crippen molar-refractivity contribution in [3.8, 4) is 34.6 Å². The average Bonchev–Trinajstić information content (AvgIpc) is 3.11. The molecule has 0 aliphatic carbocycles. The van der Waals surface area contributed by atoms with Crippen molar-refractivity contribution in [2.45, 2.75) is 6.92 Å². The lowest BCUT2D eigenvalue weighted by Crippen LogP contribution is -2.05. The van der Waals surface area contributed by atoms with Crippen LogP contribution in [0.3, 0.4) is 0 Å². The third-order valence-corrected chi connectivity index (χ3v) is 4.28. The zero-order valence-electron chi connectivity index (χ0n) is 16.0. The molecule has 0 saturated carbocycles. The second-order valence-corrected chi connectivity index (χ2v) is 6.01. The smallest absolute Gasteiger partial charge is 0.213 e. The van der Waals surface area contributed by atoms with E-state index in [1.54, 1.807) is 33.6 Å². The lowest BCUT2D eigenvalue weighted by Gasteiger charge is -2.16. The van der Waals surface area contributed by atoms with Crippen LogP contribution in [0.5, 0.6) is 17.4 Å². The van der Waals surface area contributed by atoms with E-state index < -0.39 is 0 Å². The Morgan fingerprint density at radius 2 is 1.57 bits per heavy atom. The Morgan fingerprint density at radius 1 is 0.857 bits per heavy atom. The molecule has 144 valence electrons. The predicted molar refractivity (Wildman–Crippen MR) is 106 cm³/mol. The Labute approximate surface area is 163 Å². The fourth-order valence-corrected chi connectivity index (χ4v) is 3.03. The first-order valence-electron chi connectivity index (χ1n) is 8.61. The van der Waals surface area contributed by atoms with Crippen LogP contribution in [0, 0.1) is 6.92 Å². The SMILES string of the molecule is COc1cccc(-c2nc3ncc(C)nc3n2-c2c(OC)cccc2OC)n1.[HH]. The zero-order chi connectivity index (χ0) is 19.7. The van der Waals surface area contributed by atoms with E-state index in [9.17, 15) is 0 Å². The average molecular weight is 379 g/mol. The summed E-state index contributed by atoms with van der Waals surface area (Å²) < 4.78 is 18.3. The van der Waals surface area contributed by atoms with Crippen LogP contribution < -0.4 is 14.2 Å². The van der Waals surface area contributed by atoms with E-state index in [1.165, 1.54) is 0 Å². The summed E-state index contributed by atoms with van der Waals surface area (Å²) in [4.78, 5) is 18.3. The van der Waals surface area contributed by atoms with Crippen molar-refractivity contribution in [1.29, 1.82) is 0 Å². The second-order valence-electron chi connectivity index (χ2n) is 6.01. The van der Waals surface area contributed by atoms with Gasteiger partial charge in [0.1, 0.15) is 22.9 Å². The summed E-state index contributed by atoms with van der Waals surface area (Å²) in [7, 11) is 4.79. The van der Waals surface area contributed by atoms with E-state index in [0.29, 0.717) is 45.9 Å². The van der Waals surface area contributed by atoms with Crippen molar-refractivity contribution in [3.63, 3.8) is 0 Å². The van der Waals surface area contributed by atoms with Crippen LogP contribution in [0.1, 0.15) is 7.12 Å². The number of imidazole rings is 1. The third kappa shape index (κ3) is 2.88. The minimum Gasteiger partial charge on any atom is -0.494 e. The van der Waals surface area contributed by atoms with Gasteiger partial charge in [-0.1, -0.05) is 12.1 Å². The van der Waals surface area contributed by atoms with Gasteiger partial charge < -0.3 is 14.2 Å². The van der Waals surface area contributed by atoms with E-state index in [1.807, 2.05) is 41.8 Å². The molecule has 8 nitrogen and oxygen atoms in total. The van der Waals surface area contributed by atoms with Gasteiger partial charge in [0.25, 0.3) is 0 Å². The van der Waals surface area contributed by atoms with Crippen molar-refractivity contribution in [2.24, 2.45) is 0 Å². The van der Waals surface area contributed by atoms with Gasteiger partial charge in [-0.25, -0.2) is 19.9 Å². The molecule has 0 atom stereocenters. The highest BCUT2D eigenvalue weighted by Gasteiger charge is 2.23. The molecule has 0 fully saturated rings. The van der Waals surface area contributed by atoms with Crippen LogP contribution >= 0.6 is 0 Å². The van der Waals surface area contributed by atoms with E-state index in [2.05, 4.69) is 19.9 Å². The van der Waals surface area contributed by atoms with Gasteiger partial charge >= 0.3 is 0 Å². The van der Waals surface area contributed by atoms with Gasteiger partial charge in [0.2, 0.25) is 5.88 Å². The largest absolute Gasteiger partial charge is 0.494 e. The van der Waals surface area contributed by atoms with Crippen molar-refractivity contribution in [1.82, 2.24) is 24.5 Å². The Hall–Kier alpha value is -3.68. The lowest BCUT2D eigenvalue weighted by molar-refractivity contribution is 0.391. The molecule has 0 amide bonds. The summed E-state index contributed by atoms with van der Waals surface area (Å²) >= 11 is 0. The van der Waals surface area contributed by atoms with Crippen molar-refractivity contribution in [3.05, 3.63) is 48.3 Å². The maximum Gasteiger partial charge on any atom is 0.213 e. The summed E-state index contributed by atoms with van der Waals surface area (Å²) in [6.45, 7) is 1.88. The zero-order valence-corrected chi connectivity index (χ0v) is 16.0. The van der Waals surface area contributed by atoms with Gasteiger partial charge in [-0.3, -0.25) is 4.57 Å². The number of ether oxygens (including phenoxy) is 3. The summed E-state index contributed by atoms with van der Waals surface area (Å²) in [6.07, 6.45) is 1.68. The third-order valence-electron chi connectivity index (χ3n) is 4.28. The summed E-state index contributed by atoms with van der Waals surface area (Å²) in [5.41, 5.74) is 3.15. The number of methoxy groups -OCH3 is 3. The van der Waals surface area contributed by atoms with Crippen LogP contribution in [0.15, 0.2) is 42.6 Å². The number of hydrogen-bond donors (Lipinski definition) is 0. The highest BCUT2D eigenvalue weighted by Crippen LogP contribution is 2.37. The van der Waals surface area contributed by atoms with Crippen LogP contribution in [-0.4, -0.2) is 45.8 Å². The molecule has 0 aliphatic rings. The minimum atomic E-state index is 0. The molecule has 0 unspecified atom stereocenters. The maximum atomic E-state index is 5.60. The fourth-order valence-electron chi connectivity index (χ4n) is 3.03. The molecule has 1 aromatic carbocycles. The molecule has 8 heteroatoms. The highest BCUT2D eigenvalue weighted by molar-refractivity contribution is 5.79. The van der Waals surface area contributed by atoms with Crippen molar-refractivity contribution in [2.75, 3.05) is 21.3 Å². The molecule has 0 spiro atoms. The van der Waals surface area contributed by atoms with Crippen molar-refractivity contribution < 1.29 is 15.6 Å². The Kier molecular flexibility index (Phi) is 4.52. The normalized spacial score (nSPS) is 10.9. The molecule has 3 heterocycles. The van der Waals surface area contributed by atoms with Gasteiger partial charge in [-0.05, 0) is 25.1 Å². The topological polar surface area (TPSA) is 84.2 Å². The molecule has 0 saturated heterocycles.